The Kier molecular flexibility index (Phi) is 4.49. The molecule has 2 aromatic rings. The summed E-state index contributed by atoms with van der Waals surface area (Å²) in [7, 11) is 0. The van der Waals surface area contributed by atoms with Crippen molar-refractivity contribution in [2.45, 2.75) is 33.2 Å². The van der Waals surface area contributed by atoms with Crippen LogP contribution in [0.4, 0.5) is 13.2 Å². The van der Waals surface area contributed by atoms with Crippen molar-refractivity contribution in [2.24, 2.45) is 5.41 Å². The van der Waals surface area contributed by atoms with E-state index in [2.05, 4.69) is 4.98 Å². The number of alkyl halides is 3. The number of ether oxygens (including phenoxy) is 1. The van der Waals surface area contributed by atoms with E-state index < -0.39 is 29.3 Å². The monoisotopic (exact) mass is 326 g/mol. The van der Waals surface area contributed by atoms with Gasteiger partial charge < -0.3 is 9.30 Å². The van der Waals surface area contributed by atoms with E-state index in [1.807, 2.05) is 0 Å². The van der Waals surface area contributed by atoms with E-state index in [9.17, 15) is 18.0 Å². The first-order chi connectivity index (χ1) is 10.6. The number of carbonyl (C=O) groups is 1. The van der Waals surface area contributed by atoms with Gasteiger partial charge in [0.05, 0.1) is 0 Å². The lowest BCUT2D eigenvalue weighted by molar-refractivity contribution is -0.146. The second-order valence-corrected chi connectivity index (χ2v) is 6.06. The Balaban J connectivity index is 2.43. The molecule has 0 bridgehead atoms. The zero-order chi connectivity index (χ0) is 17.3. The third kappa shape index (κ3) is 3.91. The molecule has 0 spiro atoms. The molecule has 0 N–H and O–H groups in total. The molecule has 0 aliphatic carbocycles. The quantitative estimate of drug-likeness (QED) is 0.850. The van der Waals surface area contributed by atoms with Crippen molar-refractivity contribution in [1.29, 1.82) is 0 Å². The second kappa shape index (κ2) is 6.06. The molecule has 4 nitrogen and oxygen atoms in total. The van der Waals surface area contributed by atoms with Crippen LogP contribution in [0.25, 0.3) is 0 Å². The van der Waals surface area contributed by atoms with Gasteiger partial charge in [-0.25, -0.2) is 4.98 Å². The topological polar surface area (TPSA) is 44.1 Å². The van der Waals surface area contributed by atoms with E-state index in [1.54, 1.807) is 45.3 Å². The van der Waals surface area contributed by atoms with Crippen LogP contribution in [0.3, 0.4) is 0 Å². The molecule has 0 aromatic carbocycles. The number of Topliss-reactive ketones (excluding diaryl/α,β-unsaturated/α-hetero) is 1. The zero-order valence-corrected chi connectivity index (χ0v) is 13.0. The molecule has 2 aromatic heterocycles. The molecule has 7 heteroatoms. The molecule has 0 amide bonds. The van der Waals surface area contributed by atoms with Crippen molar-refractivity contribution in [3.63, 3.8) is 0 Å². The highest BCUT2D eigenvalue weighted by Gasteiger charge is 2.39. The number of hydrogen-bond donors (Lipinski definition) is 0. The van der Waals surface area contributed by atoms with Gasteiger partial charge in [0.25, 0.3) is 0 Å². The minimum Gasteiger partial charge on any atom is -0.460 e. The van der Waals surface area contributed by atoms with Crippen LogP contribution < -0.4 is 4.74 Å². The normalized spacial score (nSPS) is 13.7. The molecule has 2 heterocycles. The standard InChI is InChI=1S/C16H17F3N2O2/c1-15(2,3)13(22)14(21-9-4-5-10-21)23-11-7-6-8-20-12(11)16(17,18)19/h4-10,14H,1-3H3. The van der Waals surface area contributed by atoms with Gasteiger partial charge in [-0.2, -0.15) is 13.2 Å². The molecule has 1 atom stereocenters. The first-order valence-corrected chi connectivity index (χ1v) is 6.96. The van der Waals surface area contributed by atoms with Gasteiger partial charge >= 0.3 is 6.18 Å². The summed E-state index contributed by atoms with van der Waals surface area (Å²) in [5, 5.41) is 0. The lowest BCUT2D eigenvalue weighted by atomic mass is 9.89. The molecule has 0 aliphatic rings. The predicted octanol–water partition coefficient (Wildman–Crippen LogP) is 4.09. The summed E-state index contributed by atoms with van der Waals surface area (Å²) in [6.45, 7) is 5.05. The van der Waals surface area contributed by atoms with Crippen LogP contribution in [0.2, 0.25) is 0 Å². The lowest BCUT2D eigenvalue weighted by Gasteiger charge is -2.27. The minimum absolute atomic E-state index is 0.342. The maximum absolute atomic E-state index is 13.0. The number of halogens is 3. The maximum atomic E-state index is 13.0. The van der Waals surface area contributed by atoms with Crippen LogP contribution in [0, 0.1) is 5.41 Å². The second-order valence-electron chi connectivity index (χ2n) is 6.06. The van der Waals surface area contributed by atoms with E-state index in [0.717, 1.165) is 12.3 Å². The Morgan fingerprint density at radius 1 is 1.17 bits per heavy atom. The van der Waals surface area contributed by atoms with Crippen molar-refractivity contribution < 1.29 is 22.7 Å². The molecule has 0 fully saturated rings. The summed E-state index contributed by atoms with van der Waals surface area (Å²) in [5.74, 6) is -0.818. The molecule has 0 aliphatic heterocycles. The van der Waals surface area contributed by atoms with Gasteiger partial charge in [-0.3, -0.25) is 4.79 Å². The van der Waals surface area contributed by atoms with Gasteiger partial charge in [-0.15, -0.1) is 0 Å². The van der Waals surface area contributed by atoms with Crippen molar-refractivity contribution in [1.82, 2.24) is 9.55 Å². The van der Waals surface area contributed by atoms with Crippen molar-refractivity contribution in [2.75, 3.05) is 0 Å². The number of pyridine rings is 1. The molecule has 0 radical (unpaired) electrons. The molecular formula is C16H17F3N2O2. The number of ketones is 1. The number of hydrogen-bond acceptors (Lipinski definition) is 3. The summed E-state index contributed by atoms with van der Waals surface area (Å²) in [6.07, 6.45) is -1.69. The Morgan fingerprint density at radius 3 is 2.30 bits per heavy atom. The van der Waals surface area contributed by atoms with E-state index >= 15 is 0 Å². The fraction of sp³-hybridized carbons (Fsp3) is 0.375. The van der Waals surface area contributed by atoms with Gasteiger partial charge in [0.15, 0.2) is 17.2 Å². The summed E-state index contributed by atoms with van der Waals surface area (Å²) in [5.41, 5.74) is -1.94. The van der Waals surface area contributed by atoms with Crippen molar-refractivity contribution >= 4 is 5.78 Å². The third-order valence-electron chi connectivity index (χ3n) is 3.14. The Hall–Kier alpha value is -2.31. The number of carbonyl (C=O) groups excluding carboxylic acids is 1. The van der Waals surface area contributed by atoms with Gasteiger partial charge in [-0.1, -0.05) is 20.8 Å². The van der Waals surface area contributed by atoms with Gasteiger partial charge in [0.2, 0.25) is 6.23 Å². The molecule has 0 saturated carbocycles. The molecule has 2 rings (SSSR count). The smallest absolute Gasteiger partial charge is 0.437 e. The summed E-state index contributed by atoms with van der Waals surface area (Å²) in [4.78, 5) is 15.9. The first kappa shape index (κ1) is 17.1. The highest BCUT2D eigenvalue weighted by atomic mass is 19.4. The average molecular weight is 326 g/mol. The van der Waals surface area contributed by atoms with Crippen LogP contribution in [-0.4, -0.2) is 15.3 Å². The summed E-state index contributed by atoms with van der Waals surface area (Å²) < 4.78 is 46.0. The number of nitrogens with zero attached hydrogens (tertiary/aromatic N) is 2. The van der Waals surface area contributed by atoms with E-state index in [-0.39, 0.29) is 5.78 Å². The van der Waals surface area contributed by atoms with Crippen molar-refractivity contribution in [3.8, 4) is 5.75 Å². The third-order valence-corrected chi connectivity index (χ3v) is 3.14. The van der Waals surface area contributed by atoms with Crippen molar-refractivity contribution in [3.05, 3.63) is 48.5 Å². The molecule has 124 valence electrons. The summed E-state index contributed by atoms with van der Waals surface area (Å²) in [6, 6.07) is 5.82. The summed E-state index contributed by atoms with van der Waals surface area (Å²) >= 11 is 0. The Labute approximate surface area is 131 Å². The van der Waals surface area contributed by atoms with Crippen LogP contribution in [-0.2, 0) is 11.0 Å². The van der Waals surface area contributed by atoms with Gasteiger partial charge in [-0.05, 0) is 24.3 Å². The molecular weight excluding hydrogens is 309 g/mol. The fourth-order valence-corrected chi connectivity index (χ4v) is 1.94. The number of rotatable bonds is 4. The highest BCUT2D eigenvalue weighted by molar-refractivity contribution is 5.86. The largest absolute Gasteiger partial charge is 0.460 e. The molecule has 0 saturated heterocycles. The maximum Gasteiger partial charge on any atom is 0.437 e. The number of aromatic nitrogens is 2. The molecule has 23 heavy (non-hydrogen) atoms. The lowest BCUT2D eigenvalue weighted by Crippen LogP contribution is -2.34. The van der Waals surface area contributed by atoms with E-state index in [4.69, 9.17) is 4.74 Å². The van der Waals surface area contributed by atoms with Crippen LogP contribution in [0.15, 0.2) is 42.9 Å². The van der Waals surface area contributed by atoms with Crippen LogP contribution >= 0.6 is 0 Å². The zero-order valence-electron chi connectivity index (χ0n) is 13.0. The van der Waals surface area contributed by atoms with Crippen LogP contribution in [0.1, 0.15) is 32.7 Å². The SMILES string of the molecule is CC(C)(C)C(=O)C(Oc1cccnc1C(F)(F)F)n1cccc1. The minimum atomic E-state index is -4.66. The average Bonchev–Trinajstić information content (AvgIpc) is 2.96. The van der Waals surface area contributed by atoms with Gasteiger partial charge in [0.1, 0.15) is 0 Å². The van der Waals surface area contributed by atoms with Gasteiger partial charge in [0, 0.05) is 24.0 Å². The van der Waals surface area contributed by atoms with E-state index in [0.29, 0.717) is 0 Å². The Bertz CT molecular complexity index is 673. The van der Waals surface area contributed by atoms with Crippen LogP contribution in [0.5, 0.6) is 5.75 Å². The fourth-order valence-electron chi connectivity index (χ4n) is 1.94. The predicted molar refractivity (Wildman–Crippen MR) is 77.8 cm³/mol. The molecule has 1 unspecified atom stereocenters. The Morgan fingerprint density at radius 2 is 1.78 bits per heavy atom. The highest BCUT2D eigenvalue weighted by Crippen LogP contribution is 2.36. The van der Waals surface area contributed by atoms with E-state index in [1.165, 1.54) is 10.6 Å². The first-order valence-electron chi connectivity index (χ1n) is 6.96.